The van der Waals surface area contributed by atoms with E-state index < -0.39 is 6.61 Å². The fourth-order valence-electron chi connectivity index (χ4n) is 2.71. The molecule has 0 aromatic heterocycles. The van der Waals surface area contributed by atoms with Gasteiger partial charge in [-0.2, -0.15) is 8.78 Å². The lowest BCUT2D eigenvalue weighted by Crippen LogP contribution is -2.35. The summed E-state index contributed by atoms with van der Waals surface area (Å²) in [6.07, 6.45) is 1.47. The molecule has 23 heavy (non-hydrogen) atoms. The molecule has 0 unspecified atom stereocenters. The van der Waals surface area contributed by atoms with Gasteiger partial charge in [-0.25, -0.2) is 4.39 Å². The SMILES string of the molecule is O=C(c1ccc(OC(F)F)cc1)N1CCCc2cc(F)ccc21. The van der Waals surface area contributed by atoms with E-state index in [1.54, 1.807) is 11.0 Å². The lowest BCUT2D eigenvalue weighted by atomic mass is 10.0. The number of aryl methyl sites for hydroxylation is 1. The number of carbonyl (C=O) groups excluding carboxylic acids is 1. The van der Waals surface area contributed by atoms with Crippen LogP contribution in [0.5, 0.6) is 5.75 Å². The van der Waals surface area contributed by atoms with Crippen LogP contribution in [0.3, 0.4) is 0 Å². The van der Waals surface area contributed by atoms with Gasteiger partial charge >= 0.3 is 6.61 Å². The van der Waals surface area contributed by atoms with Gasteiger partial charge in [0, 0.05) is 17.8 Å². The first-order valence-corrected chi connectivity index (χ1v) is 7.20. The Morgan fingerprint density at radius 1 is 1.13 bits per heavy atom. The molecule has 3 nitrogen and oxygen atoms in total. The van der Waals surface area contributed by atoms with Crippen LogP contribution in [0.2, 0.25) is 0 Å². The van der Waals surface area contributed by atoms with Crippen molar-refractivity contribution in [3.05, 3.63) is 59.4 Å². The quantitative estimate of drug-likeness (QED) is 0.854. The minimum atomic E-state index is -2.90. The average molecular weight is 321 g/mol. The minimum absolute atomic E-state index is 0.00216. The van der Waals surface area contributed by atoms with Crippen molar-refractivity contribution in [3.63, 3.8) is 0 Å². The van der Waals surface area contributed by atoms with Crippen LogP contribution in [0.1, 0.15) is 22.3 Å². The van der Waals surface area contributed by atoms with Crippen molar-refractivity contribution in [3.8, 4) is 5.75 Å². The van der Waals surface area contributed by atoms with Crippen molar-refractivity contribution in [2.75, 3.05) is 11.4 Å². The van der Waals surface area contributed by atoms with Crippen molar-refractivity contribution in [2.45, 2.75) is 19.5 Å². The molecule has 0 spiro atoms. The van der Waals surface area contributed by atoms with Crippen molar-refractivity contribution in [1.29, 1.82) is 0 Å². The van der Waals surface area contributed by atoms with E-state index in [1.807, 2.05) is 0 Å². The third kappa shape index (κ3) is 3.31. The van der Waals surface area contributed by atoms with Crippen molar-refractivity contribution < 1.29 is 22.7 Å². The Kier molecular flexibility index (Phi) is 4.23. The molecular formula is C17H14F3NO2. The van der Waals surface area contributed by atoms with E-state index in [2.05, 4.69) is 4.74 Å². The highest BCUT2D eigenvalue weighted by Crippen LogP contribution is 2.29. The van der Waals surface area contributed by atoms with E-state index >= 15 is 0 Å². The Morgan fingerprint density at radius 3 is 2.57 bits per heavy atom. The van der Waals surface area contributed by atoms with Crippen molar-refractivity contribution >= 4 is 11.6 Å². The van der Waals surface area contributed by atoms with Gasteiger partial charge < -0.3 is 9.64 Å². The van der Waals surface area contributed by atoms with E-state index in [1.165, 1.54) is 36.4 Å². The number of hydrogen-bond acceptors (Lipinski definition) is 2. The Hall–Kier alpha value is -2.50. The molecule has 0 fully saturated rings. The zero-order valence-corrected chi connectivity index (χ0v) is 12.1. The molecule has 1 amide bonds. The molecule has 0 atom stereocenters. The van der Waals surface area contributed by atoms with E-state index in [-0.39, 0.29) is 17.5 Å². The van der Waals surface area contributed by atoms with Crippen molar-refractivity contribution in [1.82, 2.24) is 0 Å². The van der Waals surface area contributed by atoms with Crippen LogP contribution in [0.4, 0.5) is 18.9 Å². The summed E-state index contributed by atoms with van der Waals surface area (Å²) in [5.41, 5.74) is 1.85. The molecule has 0 N–H and O–H groups in total. The first-order valence-electron chi connectivity index (χ1n) is 7.20. The largest absolute Gasteiger partial charge is 0.435 e. The molecule has 120 valence electrons. The molecule has 2 aromatic carbocycles. The molecule has 0 radical (unpaired) electrons. The van der Waals surface area contributed by atoms with Gasteiger partial charge in [-0.15, -0.1) is 0 Å². The number of fused-ring (bicyclic) bond motifs is 1. The van der Waals surface area contributed by atoms with Gasteiger partial charge in [0.1, 0.15) is 11.6 Å². The van der Waals surface area contributed by atoms with Crippen LogP contribution in [0.15, 0.2) is 42.5 Å². The number of benzene rings is 2. The van der Waals surface area contributed by atoms with Crippen molar-refractivity contribution in [2.24, 2.45) is 0 Å². The zero-order chi connectivity index (χ0) is 16.4. The molecule has 1 aliphatic heterocycles. The monoisotopic (exact) mass is 321 g/mol. The summed E-state index contributed by atoms with van der Waals surface area (Å²) in [6.45, 7) is -2.37. The van der Waals surface area contributed by atoms with Crippen LogP contribution in [-0.4, -0.2) is 19.1 Å². The number of amides is 1. The second-order valence-electron chi connectivity index (χ2n) is 5.24. The molecule has 3 rings (SSSR count). The number of anilines is 1. The summed E-state index contributed by atoms with van der Waals surface area (Å²) < 4.78 is 41.9. The highest BCUT2D eigenvalue weighted by Gasteiger charge is 2.24. The summed E-state index contributed by atoms with van der Waals surface area (Å²) in [4.78, 5) is 14.2. The molecule has 0 saturated heterocycles. The second-order valence-corrected chi connectivity index (χ2v) is 5.24. The molecule has 0 bridgehead atoms. The van der Waals surface area contributed by atoms with Gasteiger partial charge in [-0.1, -0.05) is 0 Å². The number of hydrogen-bond donors (Lipinski definition) is 0. The third-order valence-corrected chi connectivity index (χ3v) is 3.73. The van der Waals surface area contributed by atoms with Gasteiger partial charge in [0.25, 0.3) is 5.91 Å². The summed E-state index contributed by atoms with van der Waals surface area (Å²) in [5.74, 6) is -0.578. The van der Waals surface area contributed by atoms with E-state index in [0.29, 0.717) is 17.8 Å². The Bertz CT molecular complexity index is 716. The first kappa shape index (κ1) is 15.4. The highest BCUT2D eigenvalue weighted by molar-refractivity contribution is 6.06. The lowest BCUT2D eigenvalue weighted by molar-refractivity contribution is -0.0498. The number of ether oxygens (including phenoxy) is 1. The number of carbonyl (C=O) groups is 1. The number of nitrogens with zero attached hydrogens (tertiary/aromatic N) is 1. The molecule has 0 saturated carbocycles. The number of alkyl halides is 2. The Labute approximate surface area is 131 Å². The average Bonchev–Trinajstić information content (AvgIpc) is 2.53. The molecule has 1 aliphatic rings. The van der Waals surface area contributed by atoms with Crippen LogP contribution in [0.25, 0.3) is 0 Å². The fraction of sp³-hybridized carbons (Fsp3) is 0.235. The molecule has 0 aliphatic carbocycles. The third-order valence-electron chi connectivity index (χ3n) is 3.73. The summed E-state index contributed by atoms with van der Waals surface area (Å²) in [6, 6.07) is 9.90. The molecule has 6 heteroatoms. The lowest BCUT2D eigenvalue weighted by Gasteiger charge is -2.29. The maximum atomic E-state index is 13.3. The second kappa shape index (κ2) is 6.32. The van der Waals surface area contributed by atoms with Crippen LogP contribution in [-0.2, 0) is 6.42 Å². The van der Waals surface area contributed by atoms with Crippen LogP contribution < -0.4 is 9.64 Å². The molecule has 1 heterocycles. The van der Waals surface area contributed by atoms with Gasteiger partial charge in [-0.3, -0.25) is 4.79 Å². The summed E-state index contributed by atoms with van der Waals surface area (Å²) in [7, 11) is 0. The van der Waals surface area contributed by atoms with E-state index in [0.717, 1.165) is 18.4 Å². The smallest absolute Gasteiger partial charge is 0.387 e. The fourth-order valence-corrected chi connectivity index (χ4v) is 2.71. The van der Waals surface area contributed by atoms with Gasteiger partial charge in [0.15, 0.2) is 0 Å². The Morgan fingerprint density at radius 2 is 1.87 bits per heavy atom. The van der Waals surface area contributed by atoms with Gasteiger partial charge in [0.2, 0.25) is 0 Å². The van der Waals surface area contributed by atoms with Crippen LogP contribution in [0, 0.1) is 5.82 Å². The zero-order valence-electron chi connectivity index (χ0n) is 12.1. The predicted molar refractivity (Wildman–Crippen MR) is 79.5 cm³/mol. The maximum Gasteiger partial charge on any atom is 0.387 e. The first-order chi connectivity index (χ1) is 11.0. The standard InChI is InChI=1S/C17H14F3NO2/c18-13-5-8-15-12(10-13)2-1-9-21(15)16(22)11-3-6-14(7-4-11)23-17(19)20/h3-8,10,17H,1-2,9H2. The Balaban J connectivity index is 1.84. The highest BCUT2D eigenvalue weighted by atomic mass is 19.3. The van der Waals surface area contributed by atoms with E-state index in [9.17, 15) is 18.0 Å². The maximum absolute atomic E-state index is 13.3. The summed E-state index contributed by atoms with van der Waals surface area (Å²) >= 11 is 0. The molecule has 2 aromatic rings. The predicted octanol–water partition coefficient (Wildman–Crippen LogP) is 4.02. The normalized spacial score (nSPS) is 13.8. The number of halogens is 3. The number of rotatable bonds is 3. The topological polar surface area (TPSA) is 29.5 Å². The summed E-state index contributed by atoms with van der Waals surface area (Å²) in [5, 5.41) is 0. The molecular weight excluding hydrogens is 307 g/mol. The van der Waals surface area contributed by atoms with Gasteiger partial charge in [-0.05, 0) is 60.9 Å². The van der Waals surface area contributed by atoms with Crippen LogP contribution >= 0.6 is 0 Å². The van der Waals surface area contributed by atoms with Gasteiger partial charge in [0.05, 0.1) is 0 Å². The van der Waals surface area contributed by atoms with E-state index in [4.69, 9.17) is 0 Å². The minimum Gasteiger partial charge on any atom is -0.435 e.